The highest BCUT2D eigenvalue weighted by Crippen LogP contribution is 2.26. The zero-order valence-electron chi connectivity index (χ0n) is 9.33. The van der Waals surface area contributed by atoms with Crippen LogP contribution >= 0.6 is 0 Å². The average molecular weight is 242 g/mol. The van der Waals surface area contributed by atoms with E-state index in [-0.39, 0.29) is 11.5 Å². The van der Waals surface area contributed by atoms with Crippen LogP contribution in [0.25, 0.3) is 11.1 Å². The number of carbonyl (C=O) groups excluding carboxylic acids is 1. The molecule has 3 N–H and O–H groups in total. The fourth-order valence-corrected chi connectivity index (χ4v) is 1.70. The lowest BCUT2D eigenvalue weighted by molar-refractivity contribution is 0.0691. The van der Waals surface area contributed by atoms with E-state index in [0.29, 0.717) is 23.0 Å². The number of hydrogen-bond donors (Lipinski definition) is 2. The Morgan fingerprint density at radius 3 is 2.56 bits per heavy atom. The van der Waals surface area contributed by atoms with Crippen LogP contribution in [0.5, 0.6) is 0 Å². The van der Waals surface area contributed by atoms with Gasteiger partial charge in [0.1, 0.15) is 5.82 Å². The Morgan fingerprint density at radius 1 is 1.17 bits per heavy atom. The molecule has 0 saturated heterocycles. The second-order valence-electron chi connectivity index (χ2n) is 3.64. The molecule has 0 unspecified atom stereocenters. The van der Waals surface area contributed by atoms with Gasteiger partial charge in [-0.15, -0.1) is 0 Å². The minimum Gasteiger partial charge on any atom is -0.476 e. The average Bonchev–Trinajstić information content (AvgIpc) is 2.38. The van der Waals surface area contributed by atoms with Gasteiger partial charge in [0.05, 0.1) is 0 Å². The van der Waals surface area contributed by atoms with Crippen molar-refractivity contribution in [1.29, 1.82) is 0 Å². The van der Waals surface area contributed by atoms with E-state index >= 15 is 0 Å². The van der Waals surface area contributed by atoms with Gasteiger partial charge in [0.15, 0.2) is 12.0 Å². The summed E-state index contributed by atoms with van der Waals surface area (Å²) in [6, 6.07) is 9.77. The first-order valence-corrected chi connectivity index (χ1v) is 5.18. The normalized spacial score (nSPS) is 10.0. The molecule has 2 rings (SSSR count). The molecule has 5 nitrogen and oxygen atoms in total. The molecular formula is C13H10N2O3. The van der Waals surface area contributed by atoms with E-state index in [0.717, 1.165) is 0 Å². The summed E-state index contributed by atoms with van der Waals surface area (Å²) in [4.78, 5) is 25.9. The number of aldehydes is 1. The molecule has 0 amide bonds. The van der Waals surface area contributed by atoms with E-state index in [9.17, 15) is 9.59 Å². The van der Waals surface area contributed by atoms with Crippen LogP contribution in [0, 0.1) is 0 Å². The third-order valence-corrected chi connectivity index (χ3v) is 2.50. The third-order valence-electron chi connectivity index (χ3n) is 2.50. The van der Waals surface area contributed by atoms with Gasteiger partial charge in [-0.3, -0.25) is 4.79 Å². The van der Waals surface area contributed by atoms with Crippen LogP contribution in [0.2, 0.25) is 0 Å². The SMILES string of the molecule is Nc1ccc(-c2ccccc2C=O)c(C(=O)O)n1. The number of carboxylic acid groups (broad SMARTS) is 1. The molecule has 1 heterocycles. The third kappa shape index (κ3) is 2.06. The van der Waals surface area contributed by atoms with E-state index in [4.69, 9.17) is 10.8 Å². The van der Waals surface area contributed by atoms with E-state index in [2.05, 4.69) is 4.98 Å². The second-order valence-corrected chi connectivity index (χ2v) is 3.64. The largest absolute Gasteiger partial charge is 0.476 e. The van der Waals surface area contributed by atoms with Crippen LogP contribution in [0.1, 0.15) is 20.8 Å². The van der Waals surface area contributed by atoms with E-state index in [1.54, 1.807) is 30.3 Å². The summed E-state index contributed by atoms with van der Waals surface area (Å²) in [7, 11) is 0. The first kappa shape index (κ1) is 11.8. The lowest BCUT2D eigenvalue weighted by atomic mass is 9.99. The molecule has 18 heavy (non-hydrogen) atoms. The van der Waals surface area contributed by atoms with Crippen molar-refractivity contribution < 1.29 is 14.7 Å². The van der Waals surface area contributed by atoms with Crippen molar-refractivity contribution in [1.82, 2.24) is 4.98 Å². The minimum absolute atomic E-state index is 0.125. The van der Waals surface area contributed by atoms with Gasteiger partial charge in [0.25, 0.3) is 0 Å². The summed E-state index contributed by atoms with van der Waals surface area (Å²) in [5.74, 6) is -1.06. The van der Waals surface area contributed by atoms with Gasteiger partial charge >= 0.3 is 5.97 Å². The quantitative estimate of drug-likeness (QED) is 0.801. The van der Waals surface area contributed by atoms with Crippen LogP contribution in [-0.2, 0) is 0 Å². The molecular weight excluding hydrogens is 232 g/mol. The van der Waals surface area contributed by atoms with Crippen molar-refractivity contribution in [3.8, 4) is 11.1 Å². The number of rotatable bonds is 3. The number of nitrogen functional groups attached to an aromatic ring is 1. The maximum absolute atomic E-state index is 11.1. The monoisotopic (exact) mass is 242 g/mol. The van der Waals surface area contributed by atoms with Crippen molar-refractivity contribution in [2.45, 2.75) is 0 Å². The van der Waals surface area contributed by atoms with E-state index < -0.39 is 5.97 Å². The number of nitrogens with two attached hydrogens (primary N) is 1. The first-order valence-electron chi connectivity index (χ1n) is 5.18. The molecule has 0 bridgehead atoms. The zero-order chi connectivity index (χ0) is 13.1. The molecule has 5 heteroatoms. The van der Waals surface area contributed by atoms with Crippen LogP contribution in [0.15, 0.2) is 36.4 Å². The van der Waals surface area contributed by atoms with Gasteiger partial charge in [0.2, 0.25) is 0 Å². The first-order chi connectivity index (χ1) is 8.63. The van der Waals surface area contributed by atoms with Crippen LogP contribution in [0.3, 0.4) is 0 Å². The molecule has 2 aromatic rings. The maximum Gasteiger partial charge on any atom is 0.355 e. The predicted molar refractivity (Wildman–Crippen MR) is 66.4 cm³/mol. The molecule has 90 valence electrons. The molecule has 0 aliphatic carbocycles. The topological polar surface area (TPSA) is 93.3 Å². The standard InChI is InChI=1S/C13H10N2O3/c14-11-6-5-10(12(15-11)13(17)18)9-4-2-1-3-8(9)7-16/h1-7H,(H2,14,15)(H,17,18). The number of carbonyl (C=O) groups is 2. The number of aromatic nitrogens is 1. The molecule has 0 aliphatic heterocycles. The van der Waals surface area contributed by atoms with Gasteiger partial charge in [-0.25, -0.2) is 9.78 Å². The number of pyridine rings is 1. The molecule has 0 aliphatic rings. The molecule has 0 spiro atoms. The van der Waals surface area contributed by atoms with Crippen LogP contribution in [-0.4, -0.2) is 22.3 Å². The summed E-state index contributed by atoms with van der Waals surface area (Å²) in [5, 5.41) is 9.11. The van der Waals surface area contributed by atoms with E-state index in [1.165, 1.54) is 6.07 Å². The van der Waals surface area contributed by atoms with Crippen molar-refractivity contribution in [3.05, 3.63) is 47.7 Å². The Balaban J connectivity index is 2.71. The van der Waals surface area contributed by atoms with Gasteiger partial charge in [-0.1, -0.05) is 24.3 Å². The Bertz CT molecular complexity index is 623. The van der Waals surface area contributed by atoms with Gasteiger partial charge in [0, 0.05) is 11.1 Å². The van der Waals surface area contributed by atoms with E-state index in [1.807, 2.05) is 0 Å². The highest BCUT2D eigenvalue weighted by Gasteiger charge is 2.15. The molecule has 0 fully saturated rings. The van der Waals surface area contributed by atoms with Crippen molar-refractivity contribution >= 4 is 18.1 Å². The van der Waals surface area contributed by atoms with Crippen LogP contribution < -0.4 is 5.73 Å². The molecule has 1 aromatic carbocycles. The van der Waals surface area contributed by atoms with Crippen molar-refractivity contribution in [2.24, 2.45) is 0 Å². The van der Waals surface area contributed by atoms with Gasteiger partial charge < -0.3 is 10.8 Å². The molecule has 0 atom stereocenters. The number of nitrogens with zero attached hydrogens (tertiary/aromatic N) is 1. The Kier molecular flexibility index (Phi) is 3.05. The fourth-order valence-electron chi connectivity index (χ4n) is 1.70. The second kappa shape index (κ2) is 4.67. The number of benzene rings is 1. The number of carboxylic acids is 1. The van der Waals surface area contributed by atoms with Crippen LogP contribution in [0.4, 0.5) is 5.82 Å². The van der Waals surface area contributed by atoms with Gasteiger partial charge in [-0.2, -0.15) is 0 Å². The van der Waals surface area contributed by atoms with Crippen molar-refractivity contribution in [3.63, 3.8) is 0 Å². The summed E-state index contributed by atoms with van der Waals surface area (Å²) < 4.78 is 0. The Morgan fingerprint density at radius 2 is 1.89 bits per heavy atom. The summed E-state index contributed by atoms with van der Waals surface area (Å²) >= 11 is 0. The smallest absolute Gasteiger partial charge is 0.355 e. The summed E-state index contributed by atoms with van der Waals surface area (Å²) in [5.41, 5.74) is 6.62. The number of aromatic carboxylic acids is 1. The highest BCUT2D eigenvalue weighted by atomic mass is 16.4. The van der Waals surface area contributed by atoms with Gasteiger partial charge in [-0.05, 0) is 17.7 Å². The predicted octanol–water partition coefficient (Wildman–Crippen LogP) is 1.84. The Hall–Kier alpha value is -2.69. The molecule has 0 radical (unpaired) electrons. The Labute approximate surface area is 103 Å². The fraction of sp³-hybridized carbons (Fsp3) is 0. The minimum atomic E-state index is -1.18. The van der Waals surface area contributed by atoms with Crippen molar-refractivity contribution in [2.75, 3.05) is 5.73 Å². The summed E-state index contributed by atoms with van der Waals surface area (Å²) in [6.07, 6.45) is 0.678. The summed E-state index contributed by atoms with van der Waals surface area (Å²) in [6.45, 7) is 0. The molecule has 1 aromatic heterocycles. The number of hydrogen-bond acceptors (Lipinski definition) is 4. The zero-order valence-corrected chi connectivity index (χ0v) is 9.33. The lowest BCUT2D eigenvalue weighted by Crippen LogP contribution is -2.06. The lowest BCUT2D eigenvalue weighted by Gasteiger charge is -2.08. The number of anilines is 1. The molecule has 0 saturated carbocycles. The maximum atomic E-state index is 11.1. The highest BCUT2D eigenvalue weighted by molar-refractivity contribution is 5.98.